The van der Waals surface area contributed by atoms with E-state index >= 15 is 0 Å². The van der Waals surface area contributed by atoms with Gasteiger partial charge in [-0.2, -0.15) is 0 Å². The first-order chi connectivity index (χ1) is 8.63. The maximum atomic E-state index is 11.5. The van der Waals surface area contributed by atoms with E-state index in [1.165, 1.54) is 0 Å². The maximum absolute atomic E-state index is 11.5. The molecular weight excluding hydrogens is 232 g/mol. The minimum Gasteiger partial charge on any atom is -0.450 e. The van der Waals surface area contributed by atoms with Crippen molar-refractivity contribution in [3.63, 3.8) is 0 Å². The number of hydrogen-bond acceptors (Lipinski definition) is 4. The quantitative estimate of drug-likeness (QED) is 0.822. The van der Waals surface area contributed by atoms with Crippen LogP contribution in [0.15, 0.2) is 0 Å². The number of piperidine rings is 1. The molecule has 2 aliphatic heterocycles. The molecule has 0 aromatic carbocycles. The molecule has 18 heavy (non-hydrogen) atoms. The van der Waals surface area contributed by atoms with Crippen molar-refractivity contribution in [2.24, 2.45) is 5.41 Å². The number of nitrogens with zero attached hydrogens (tertiary/aromatic N) is 1. The summed E-state index contributed by atoms with van der Waals surface area (Å²) in [6.45, 7) is 8.87. The van der Waals surface area contributed by atoms with Crippen LogP contribution in [-0.4, -0.2) is 56.5 Å². The second-order valence-corrected chi connectivity index (χ2v) is 5.64. The molecule has 2 heterocycles. The highest BCUT2D eigenvalue weighted by atomic mass is 16.6. The Morgan fingerprint density at radius 1 is 1.44 bits per heavy atom. The van der Waals surface area contributed by atoms with Gasteiger partial charge in [-0.05, 0) is 19.8 Å². The third-order valence-electron chi connectivity index (χ3n) is 3.74. The Morgan fingerprint density at radius 2 is 2.11 bits per heavy atom. The first kappa shape index (κ1) is 13.6. The van der Waals surface area contributed by atoms with Crippen molar-refractivity contribution in [1.82, 2.24) is 10.2 Å². The third-order valence-corrected chi connectivity index (χ3v) is 3.74. The molecule has 5 nitrogen and oxygen atoms in total. The number of hydrogen-bond donors (Lipinski definition) is 1. The zero-order valence-corrected chi connectivity index (χ0v) is 11.4. The van der Waals surface area contributed by atoms with Crippen LogP contribution in [0.4, 0.5) is 4.79 Å². The SMILES string of the molecule is CCOC(=O)N1CCC(NCC2(C)COC2)CC1. The van der Waals surface area contributed by atoms with Crippen molar-refractivity contribution >= 4 is 6.09 Å². The molecule has 0 aromatic rings. The number of likely N-dealkylation sites (tertiary alicyclic amines) is 1. The highest BCUT2D eigenvalue weighted by molar-refractivity contribution is 5.67. The average molecular weight is 256 g/mol. The van der Waals surface area contributed by atoms with E-state index in [0.717, 1.165) is 45.7 Å². The van der Waals surface area contributed by atoms with Gasteiger partial charge in [0.1, 0.15) is 0 Å². The van der Waals surface area contributed by atoms with Crippen LogP contribution in [0.1, 0.15) is 26.7 Å². The van der Waals surface area contributed by atoms with Gasteiger partial charge in [0.2, 0.25) is 0 Å². The normalized spacial score (nSPS) is 23.6. The highest BCUT2D eigenvalue weighted by Gasteiger charge is 2.34. The lowest BCUT2D eigenvalue weighted by Gasteiger charge is -2.40. The molecule has 2 aliphatic rings. The van der Waals surface area contributed by atoms with E-state index in [-0.39, 0.29) is 6.09 Å². The van der Waals surface area contributed by atoms with Gasteiger partial charge in [-0.15, -0.1) is 0 Å². The Labute approximate surface area is 109 Å². The Hall–Kier alpha value is -0.810. The van der Waals surface area contributed by atoms with E-state index in [1.54, 1.807) is 4.90 Å². The molecule has 1 amide bonds. The fourth-order valence-electron chi connectivity index (χ4n) is 2.42. The summed E-state index contributed by atoms with van der Waals surface area (Å²) in [6, 6.07) is 0.521. The van der Waals surface area contributed by atoms with Crippen molar-refractivity contribution in [2.75, 3.05) is 39.5 Å². The van der Waals surface area contributed by atoms with Crippen LogP contribution in [0.5, 0.6) is 0 Å². The lowest BCUT2D eigenvalue weighted by molar-refractivity contribution is -0.100. The second-order valence-electron chi connectivity index (χ2n) is 5.64. The molecule has 0 aliphatic carbocycles. The minimum atomic E-state index is -0.171. The van der Waals surface area contributed by atoms with Gasteiger partial charge < -0.3 is 19.7 Å². The summed E-state index contributed by atoms with van der Waals surface area (Å²) < 4.78 is 10.3. The van der Waals surface area contributed by atoms with E-state index in [1.807, 2.05) is 6.92 Å². The minimum absolute atomic E-state index is 0.171. The molecule has 1 N–H and O–H groups in total. The smallest absolute Gasteiger partial charge is 0.409 e. The topological polar surface area (TPSA) is 50.8 Å². The largest absolute Gasteiger partial charge is 0.450 e. The van der Waals surface area contributed by atoms with Crippen LogP contribution in [0.2, 0.25) is 0 Å². The lowest BCUT2D eigenvalue weighted by Crippen LogP contribution is -2.52. The zero-order chi connectivity index (χ0) is 13.0. The molecule has 0 aromatic heterocycles. The van der Waals surface area contributed by atoms with Crippen LogP contribution in [-0.2, 0) is 9.47 Å². The van der Waals surface area contributed by atoms with Crippen molar-refractivity contribution in [2.45, 2.75) is 32.7 Å². The van der Waals surface area contributed by atoms with E-state index in [4.69, 9.17) is 9.47 Å². The molecule has 0 bridgehead atoms. The van der Waals surface area contributed by atoms with Gasteiger partial charge in [-0.25, -0.2) is 4.79 Å². The highest BCUT2D eigenvalue weighted by Crippen LogP contribution is 2.25. The molecule has 0 radical (unpaired) electrons. The number of carbonyl (C=O) groups is 1. The lowest BCUT2D eigenvalue weighted by atomic mass is 9.88. The molecule has 104 valence electrons. The van der Waals surface area contributed by atoms with Gasteiger partial charge in [0.25, 0.3) is 0 Å². The van der Waals surface area contributed by atoms with E-state index in [9.17, 15) is 4.79 Å². The summed E-state index contributed by atoms with van der Waals surface area (Å²) >= 11 is 0. The van der Waals surface area contributed by atoms with Crippen molar-refractivity contribution in [1.29, 1.82) is 0 Å². The van der Waals surface area contributed by atoms with Crippen LogP contribution in [0.25, 0.3) is 0 Å². The first-order valence-corrected chi connectivity index (χ1v) is 6.86. The predicted octanol–water partition coefficient (Wildman–Crippen LogP) is 1.23. The summed E-state index contributed by atoms with van der Waals surface area (Å²) in [5, 5.41) is 3.60. The third kappa shape index (κ3) is 3.36. The Morgan fingerprint density at radius 3 is 2.61 bits per heavy atom. The van der Waals surface area contributed by atoms with Gasteiger partial charge in [0.15, 0.2) is 0 Å². The Balaban J connectivity index is 1.65. The Bertz CT molecular complexity index is 284. The summed E-state index contributed by atoms with van der Waals surface area (Å²) in [4.78, 5) is 13.3. The predicted molar refractivity (Wildman–Crippen MR) is 68.5 cm³/mol. The van der Waals surface area contributed by atoms with E-state index < -0.39 is 0 Å². The molecule has 5 heteroatoms. The van der Waals surface area contributed by atoms with Crippen LogP contribution in [0.3, 0.4) is 0 Å². The molecule has 0 saturated carbocycles. The fraction of sp³-hybridized carbons (Fsp3) is 0.923. The summed E-state index contributed by atoms with van der Waals surface area (Å²) in [5.41, 5.74) is 0.318. The summed E-state index contributed by atoms with van der Waals surface area (Å²) in [6.07, 6.45) is 1.85. The van der Waals surface area contributed by atoms with Crippen LogP contribution in [0, 0.1) is 5.41 Å². The number of nitrogens with one attached hydrogen (secondary N) is 1. The van der Waals surface area contributed by atoms with Crippen molar-refractivity contribution in [3.8, 4) is 0 Å². The molecule has 2 saturated heterocycles. The molecule has 2 fully saturated rings. The van der Waals surface area contributed by atoms with Crippen LogP contribution < -0.4 is 5.32 Å². The van der Waals surface area contributed by atoms with Crippen LogP contribution >= 0.6 is 0 Å². The summed E-state index contributed by atoms with van der Waals surface area (Å²) in [7, 11) is 0. The van der Waals surface area contributed by atoms with Crippen molar-refractivity contribution < 1.29 is 14.3 Å². The zero-order valence-electron chi connectivity index (χ0n) is 11.4. The standard InChI is InChI=1S/C13H24N2O3/c1-3-18-12(16)15-6-4-11(5-7-15)14-8-13(2)9-17-10-13/h11,14H,3-10H2,1-2H3. The van der Waals surface area contributed by atoms with Gasteiger partial charge in [0, 0.05) is 31.1 Å². The van der Waals surface area contributed by atoms with Gasteiger partial charge >= 0.3 is 6.09 Å². The van der Waals surface area contributed by atoms with Gasteiger partial charge in [-0.3, -0.25) is 0 Å². The molecule has 0 unspecified atom stereocenters. The molecule has 2 rings (SSSR count). The number of ether oxygens (including phenoxy) is 2. The number of amides is 1. The fourth-order valence-corrected chi connectivity index (χ4v) is 2.42. The Kier molecular flexibility index (Phi) is 4.45. The van der Waals surface area contributed by atoms with Gasteiger partial charge in [0.05, 0.1) is 19.8 Å². The molecule has 0 atom stereocenters. The van der Waals surface area contributed by atoms with E-state index in [0.29, 0.717) is 18.1 Å². The molecular formula is C13H24N2O3. The number of rotatable bonds is 4. The summed E-state index contributed by atoms with van der Waals surface area (Å²) in [5.74, 6) is 0. The first-order valence-electron chi connectivity index (χ1n) is 6.86. The van der Waals surface area contributed by atoms with E-state index in [2.05, 4.69) is 12.2 Å². The monoisotopic (exact) mass is 256 g/mol. The molecule has 0 spiro atoms. The van der Waals surface area contributed by atoms with Crippen molar-refractivity contribution in [3.05, 3.63) is 0 Å². The average Bonchev–Trinajstić information content (AvgIpc) is 2.35. The second kappa shape index (κ2) is 5.89. The maximum Gasteiger partial charge on any atom is 0.409 e. The number of carbonyl (C=O) groups excluding carboxylic acids is 1. The van der Waals surface area contributed by atoms with Gasteiger partial charge in [-0.1, -0.05) is 6.92 Å².